The fraction of sp³-hybridized carbons (Fsp3) is 0.222. The fourth-order valence-corrected chi connectivity index (χ4v) is 1.52. The van der Waals surface area contributed by atoms with Crippen LogP contribution in [0.1, 0.15) is 6.92 Å². The van der Waals surface area contributed by atoms with E-state index in [4.69, 9.17) is 11.6 Å². The van der Waals surface area contributed by atoms with E-state index in [1.165, 1.54) is 0 Å². The number of benzene rings is 1. The van der Waals surface area contributed by atoms with Crippen molar-refractivity contribution in [2.24, 2.45) is 4.99 Å². The summed E-state index contributed by atoms with van der Waals surface area (Å²) in [5.74, 6) is 0.233. The molecule has 1 aliphatic rings. The van der Waals surface area contributed by atoms with E-state index < -0.39 is 0 Å². The Morgan fingerprint density at radius 1 is 1.50 bits per heavy atom. The molecule has 1 aromatic carbocycles. The Kier molecular flexibility index (Phi) is 1.58. The summed E-state index contributed by atoms with van der Waals surface area (Å²) in [7, 11) is 0. The Labute approximate surface area is 74.8 Å². The molecule has 0 fully saturated rings. The molecular formula is C9H8ClNO. The second-order valence-electron chi connectivity index (χ2n) is 2.85. The number of rotatable bonds is 0. The first-order chi connectivity index (χ1) is 5.68. The number of halogens is 1. The van der Waals surface area contributed by atoms with E-state index in [0.717, 1.165) is 10.6 Å². The first kappa shape index (κ1) is 7.62. The Morgan fingerprint density at radius 3 is 3.00 bits per heavy atom. The summed E-state index contributed by atoms with van der Waals surface area (Å²) in [6.45, 7) is 1.93. The van der Waals surface area contributed by atoms with Crippen molar-refractivity contribution in [3.63, 3.8) is 0 Å². The minimum atomic E-state index is 0.0310. The van der Waals surface area contributed by atoms with Crippen LogP contribution in [-0.2, 0) is 0 Å². The highest BCUT2D eigenvalue weighted by Crippen LogP contribution is 2.13. The highest BCUT2D eigenvalue weighted by atomic mass is 35.5. The maximum absolute atomic E-state index is 9.19. The van der Waals surface area contributed by atoms with Gasteiger partial charge >= 0.3 is 0 Å². The molecule has 1 aliphatic heterocycles. The molecule has 1 aromatic rings. The topological polar surface area (TPSA) is 32.6 Å². The van der Waals surface area contributed by atoms with Crippen LogP contribution in [-0.4, -0.2) is 11.1 Å². The molecule has 0 aliphatic carbocycles. The second-order valence-corrected chi connectivity index (χ2v) is 3.26. The average molecular weight is 182 g/mol. The molecule has 1 atom stereocenters. The minimum absolute atomic E-state index is 0.0310. The van der Waals surface area contributed by atoms with Gasteiger partial charge in [-0.05, 0) is 25.1 Å². The number of phenols is 1. The maximum atomic E-state index is 9.19. The molecule has 2 rings (SSSR count). The normalized spacial score (nSPS) is 20.5. The molecule has 0 aromatic heterocycles. The predicted octanol–water partition coefficient (Wildman–Crippen LogP) is 0.761. The smallest absolute Gasteiger partial charge is 0.116 e. The van der Waals surface area contributed by atoms with Crippen LogP contribution in [0.25, 0.3) is 5.03 Å². The van der Waals surface area contributed by atoms with Gasteiger partial charge < -0.3 is 5.11 Å². The van der Waals surface area contributed by atoms with Crippen molar-refractivity contribution in [1.29, 1.82) is 0 Å². The standard InChI is InChI=1S/C9H8ClNO/c1-5-9(10)7-4-6(12)2-3-8(7)11-5/h2-5,12H,1H3. The molecule has 1 N–H and O–H groups in total. The van der Waals surface area contributed by atoms with Crippen molar-refractivity contribution in [3.05, 3.63) is 28.8 Å². The first-order valence-electron chi connectivity index (χ1n) is 3.75. The molecule has 0 saturated carbocycles. The van der Waals surface area contributed by atoms with Gasteiger partial charge in [0.05, 0.1) is 16.4 Å². The Morgan fingerprint density at radius 2 is 2.25 bits per heavy atom. The molecule has 0 amide bonds. The molecular weight excluding hydrogens is 174 g/mol. The van der Waals surface area contributed by atoms with Crippen molar-refractivity contribution in [2.45, 2.75) is 13.0 Å². The van der Waals surface area contributed by atoms with Gasteiger partial charge in [-0.15, -0.1) is 0 Å². The highest BCUT2D eigenvalue weighted by molar-refractivity contribution is 6.46. The highest BCUT2D eigenvalue weighted by Gasteiger charge is 2.12. The zero-order valence-electron chi connectivity index (χ0n) is 6.58. The lowest BCUT2D eigenvalue weighted by molar-refractivity contribution is 0.474. The summed E-state index contributed by atoms with van der Waals surface area (Å²) in [6, 6.07) is 5.06. The van der Waals surface area contributed by atoms with Gasteiger partial charge in [0.2, 0.25) is 0 Å². The van der Waals surface area contributed by atoms with E-state index in [1.807, 2.05) is 6.92 Å². The van der Waals surface area contributed by atoms with Gasteiger partial charge in [-0.1, -0.05) is 11.6 Å². The van der Waals surface area contributed by atoms with Gasteiger partial charge in [0.1, 0.15) is 5.75 Å². The van der Waals surface area contributed by atoms with Crippen LogP contribution < -0.4 is 10.6 Å². The van der Waals surface area contributed by atoms with Crippen molar-refractivity contribution in [3.8, 4) is 5.75 Å². The van der Waals surface area contributed by atoms with Crippen LogP contribution in [0.4, 0.5) is 0 Å². The molecule has 0 spiro atoms. The van der Waals surface area contributed by atoms with E-state index >= 15 is 0 Å². The van der Waals surface area contributed by atoms with Crippen LogP contribution >= 0.6 is 11.6 Å². The molecule has 1 unspecified atom stereocenters. The number of phenolic OH excluding ortho intramolecular Hbond substituents is 1. The summed E-state index contributed by atoms with van der Waals surface area (Å²) < 4.78 is 0. The number of aromatic hydroxyl groups is 1. The van der Waals surface area contributed by atoms with Gasteiger partial charge in [0, 0.05) is 5.22 Å². The molecule has 2 nitrogen and oxygen atoms in total. The Balaban J connectivity index is 2.86. The second kappa shape index (κ2) is 2.49. The van der Waals surface area contributed by atoms with Crippen molar-refractivity contribution in [2.75, 3.05) is 0 Å². The Hall–Kier alpha value is -1.02. The molecule has 0 saturated heterocycles. The Bertz CT molecular complexity index is 438. The lowest BCUT2D eigenvalue weighted by Crippen LogP contribution is -2.21. The van der Waals surface area contributed by atoms with Crippen molar-refractivity contribution in [1.82, 2.24) is 0 Å². The largest absolute Gasteiger partial charge is 0.508 e. The molecule has 1 heterocycles. The molecule has 0 radical (unpaired) electrons. The fourth-order valence-electron chi connectivity index (χ4n) is 1.32. The first-order valence-corrected chi connectivity index (χ1v) is 4.13. The zero-order chi connectivity index (χ0) is 8.72. The van der Waals surface area contributed by atoms with E-state index in [0.29, 0.717) is 5.03 Å². The van der Waals surface area contributed by atoms with Crippen LogP contribution in [0.2, 0.25) is 0 Å². The molecule has 12 heavy (non-hydrogen) atoms. The molecule has 0 bridgehead atoms. The van der Waals surface area contributed by atoms with Crippen LogP contribution in [0.5, 0.6) is 5.75 Å². The predicted molar refractivity (Wildman–Crippen MR) is 47.6 cm³/mol. The molecule has 3 heteroatoms. The van der Waals surface area contributed by atoms with Gasteiger partial charge in [0.15, 0.2) is 0 Å². The van der Waals surface area contributed by atoms with E-state index in [9.17, 15) is 5.11 Å². The summed E-state index contributed by atoms with van der Waals surface area (Å²) in [4.78, 5) is 4.29. The van der Waals surface area contributed by atoms with Gasteiger partial charge in [0.25, 0.3) is 0 Å². The summed E-state index contributed by atoms with van der Waals surface area (Å²) in [5, 5.41) is 11.6. The number of nitrogens with zero attached hydrogens (tertiary/aromatic N) is 1. The summed E-state index contributed by atoms with van der Waals surface area (Å²) in [6.07, 6.45) is 0. The average Bonchev–Trinajstić information content (AvgIpc) is 2.31. The van der Waals surface area contributed by atoms with Gasteiger partial charge in [-0.3, -0.25) is 4.99 Å². The van der Waals surface area contributed by atoms with Crippen LogP contribution in [0.15, 0.2) is 23.2 Å². The monoisotopic (exact) mass is 181 g/mol. The lowest BCUT2D eigenvalue weighted by atomic mass is 10.2. The zero-order valence-corrected chi connectivity index (χ0v) is 7.34. The lowest BCUT2D eigenvalue weighted by Gasteiger charge is -1.94. The maximum Gasteiger partial charge on any atom is 0.116 e. The minimum Gasteiger partial charge on any atom is -0.508 e. The van der Waals surface area contributed by atoms with Crippen LogP contribution in [0, 0.1) is 0 Å². The van der Waals surface area contributed by atoms with E-state index in [1.54, 1.807) is 18.2 Å². The summed E-state index contributed by atoms with van der Waals surface area (Å²) in [5.41, 5.74) is 0. The molecule has 62 valence electrons. The third-order valence-electron chi connectivity index (χ3n) is 1.94. The van der Waals surface area contributed by atoms with Crippen molar-refractivity contribution < 1.29 is 5.11 Å². The number of fused-ring (bicyclic) bond motifs is 1. The van der Waals surface area contributed by atoms with Gasteiger partial charge in [-0.2, -0.15) is 0 Å². The van der Waals surface area contributed by atoms with E-state index in [-0.39, 0.29) is 11.8 Å². The third kappa shape index (κ3) is 0.994. The SMILES string of the molecule is CC1N=c2ccc(O)cc2=C1Cl. The van der Waals surface area contributed by atoms with Gasteiger partial charge in [-0.25, -0.2) is 0 Å². The number of hydrogen-bond donors (Lipinski definition) is 1. The van der Waals surface area contributed by atoms with E-state index in [2.05, 4.69) is 4.99 Å². The quantitative estimate of drug-likeness (QED) is 0.630. The summed E-state index contributed by atoms with van der Waals surface area (Å²) >= 11 is 5.98. The third-order valence-corrected chi connectivity index (χ3v) is 2.46. The number of hydrogen-bond acceptors (Lipinski definition) is 2. The van der Waals surface area contributed by atoms with Crippen molar-refractivity contribution >= 4 is 16.6 Å². The van der Waals surface area contributed by atoms with Crippen LogP contribution in [0.3, 0.4) is 0 Å².